The van der Waals surface area contributed by atoms with Gasteiger partial charge in [0.2, 0.25) is 0 Å². The fraction of sp³-hybridized carbons (Fsp3) is 0.0714. The first-order valence-corrected chi connectivity index (χ1v) is 6.37. The lowest BCUT2D eigenvalue weighted by molar-refractivity contribution is -0.383. The molecule has 2 aromatic carbocycles. The molecule has 0 fully saturated rings. The van der Waals surface area contributed by atoms with Gasteiger partial charge in [0.1, 0.15) is 5.69 Å². The SMILES string of the molecule is Cc1ccc(N)c(C(=O)Nc2ccc(Cl)cc2[N+](=O)[O-])c1. The Labute approximate surface area is 125 Å². The second-order valence-corrected chi connectivity index (χ2v) is 4.90. The third-order valence-corrected chi connectivity index (χ3v) is 3.09. The molecule has 0 radical (unpaired) electrons. The largest absolute Gasteiger partial charge is 0.398 e. The zero-order valence-electron chi connectivity index (χ0n) is 11.1. The summed E-state index contributed by atoms with van der Waals surface area (Å²) >= 11 is 5.72. The standard InChI is InChI=1S/C14H12ClN3O3/c1-8-2-4-11(16)10(6-8)14(19)17-12-5-3-9(15)7-13(12)18(20)21/h2-7H,16H2,1H3,(H,17,19). The number of benzene rings is 2. The van der Waals surface area contributed by atoms with E-state index in [1.165, 1.54) is 18.2 Å². The van der Waals surface area contributed by atoms with E-state index in [4.69, 9.17) is 17.3 Å². The molecule has 3 N–H and O–H groups in total. The smallest absolute Gasteiger partial charge is 0.294 e. The number of nitro benzene ring substituents is 1. The van der Waals surface area contributed by atoms with Crippen LogP contribution in [0.25, 0.3) is 0 Å². The van der Waals surface area contributed by atoms with Crippen LogP contribution in [0.4, 0.5) is 17.1 Å². The molecule has 0 saturated heterocycles. The molecule has 6 nitrogen and oxygen atoms in total. The summed E-state index contributed by atoms with van der Waals surface area (Å²) in [5.74, 6) is -0.512. The molecule has 0 saturated carbocycles. The minimum absolute atomic E-state index is 0.0651. The van der Waals surface area contributed by atoms with Crippen LogP contribution in [0, 0.1) is 17.0 Å². The van der Waals surface area contributed by atoms with Crippen LogP contribution in [-0.2, 0) is 0 Å². The second-order valence-electron chi connectivity index (χ2n) is 4.46. The number of nitrogens with zero attached hydrogens (tertiary/aromatic N) is 1. The number of nitrogen functional groups attached to an aromatic ring is 1. The lowest BCUT2D eigenvalue weighted by Gasteiger charge is -2.09. The molecular formula is C14H12ClN3O3. The van der Waals surface area contributed by atoms with E-state index in [2.05, 4.69) is 5.32 Å². The summed E-state index contributed by atoms with van der Waals surface area (Å²) in [5, 5.41) is 13.7. The molecule has 0 aliphatic rings. The number of nitro groups is 1. The Balaban J connectivity index is 2.36. The summed E-state index contributed by atoms with van der Waals surface area (Å²) in [6.07, 6.45) is 0. The van der Waals surface area contributed by atoms with Crippen molar-refractivity contribution in [3.05, 3.63) is 62.7 Å². The van der Waals surface area contributed by atoms with Crippen molar-refractivity contribution in [3.63, 3.8) is 0 Å². The average Bonchev–Trinajstić information content (AvgIpc) is 2.43. The Hall–Kier alpha value is -2.60. The van der Waals surface area contributed by atoms with Crippen molar-refractivity contribution in [1.82, 2.24) is 0 Å². The van der Waals surface area contributed by atoms with Gasteiger partial charge in [-0.15, -0.1) is 0 Å². The van der Waals surface area contributed by atoms with Gasteiger partial charge in [0, 0.05) is 16.8 Å². The number of carbonyl (C=O) groups excluding carboxylic acids is 1. The summed E-state index contributed by atoms with van der Waals surface area (Å²) in [6, 6.07) is 9.02. The van der Waals surface area contributed by atoms with E-state index < -0.39 is 10.8 Å². The van der Waals surface area contributed by atoms with Crippen LogP contribution < -0.4 is 11.1 Å². The molecule has 0 aliphatic carbocycles. The Kier molecular flexibility index (Phi) is 4.09. The monoisotopic (exact) mass is 305 g/mol. The van der Waals surface area contributed by atoms with Crippen molar-refractivity contribution in [2.45, 2.75) is 6.92 Å². The summed E-state index contributed by atoms with van der Waals surface area (Å²) in [7, 11) is 0. The quantitative estimate of drug-likeness (QED) is 0.516. The van der Waals surface area contributed by atoms with Crippen LogP contribution in [0.1, 0.15) is 15.9 Å². The summed E-state index contributed by atoms with van der Waals surface area (Å²) in [6.45, 7) is 1.82. The van der Waals surface area contributed by atoms with Gasteiger partial charge in [-0.25, -0.2) is 0 Å². The van der Waals surface area contributed by atoms with Crippen molar-refractivity contribution in [2.75, 3.05) is 11.1 Å². The number of carbonyl (C=O) groups is 1. The lowest BCUT2D eigenvalue weighted by Crippen LogP contribution is -2.15. The first kappa shape index (κ1) is 14.8. The van der Waals surface area contributed by atoms with E-state index >= 15 is 0 Å². The molecule has 2 aromatic rings. The number of amides is 1. The molecule has 0 atom stereocenters. The number of hydrogen-bond donors (Lipinski definition) is 2. The van der Waals surface area contributed by atoms with Gasteiger partial charge in [0.15, 0.2) is 0 Å². The van der Waals surface area contributed by atoms with Gasteiger partial charge in [0.05, 0.1) is 10.5 Å². The third kappa shape index (κ3) is 3.29. The molecular weight excluding hydrogens is 294 g/mol. The Bertz CT molecular complexity index is 731. The first-order valence-electron chi connectivity index (χ1n) is 6.00. The number of halogens is 1. The molecule has 2 rings (SSSR count). The normalized spacial score (nSPS) is 10.2. The zero-order valence-corrected chi connectivity index (χ0v) is 11.8. The number of aryl methyl sites for hydroxylation is 1. The van der Waals surface area contributed by atoms with Crippen LogP contribution >= 0.6 is 11.6 Å². The minimum atomic E-state index is -0.610. The highest BCUT2D eigenvalue weighted by atomic mass is 35.5. The van der Waals surface area contributed by atoms with Gasteiger partial charge in [-0.05, 0) is 31.2 Å². The fourth-order valence-corrected chi connectivity index (χ4v) is 1.98. The number of nitrogens with one attached hydrogen (secondary N) is 1. The molecule has 7 heteroatoms. The highest BCUT2D eigenvalue weighted by Gasteiger charge is 2.18. The van der Waals surface area contributed by atoms with E-state index in [0.717, 1.165) is 5.56 Å². The molecule has 0 aromatic heterocycles. The van der Waals surface area contributed by atoms with Gasteiger partial charge in [-0.3, -0.25) is 14.9 Å². The molecule has 0 spiro atoms. The van der Waals surface area contributed by atoms with Crippen LogP contribution in [0.15, 0.2) is 36.4 Å². The van der Waals surface area contributed by atoms with Gasteiger partial charge >= 0.3 is 0 Å². The number of anilines is 2. The van der Waals surface area contributed by atoms with E-state index in [9.17, 15) is 14.9 Å². The maximum atomic E-state index is 12.2. The maximum Gasteiger partial charge on any atom is 0.294 e. The van der Waals surface area contributed by atoms with E-state index in [-0.39, 0.29) is 22.0 Å². The highest BCUT2D eigenvalue weighted by molar-refractivity contribution is 6.31. The summed E-state index contributed by atoms with van der Waals surface area (Å²) in [5.41, 5.74) is 6.96. The summed E-state index contributed by atoms with van der Waals surface area (Å²) < 4.78 is 0. The van der Waals surface area contributed by atoms with Crippen LogP contribution in [-0.4, -0.2) is 10.8 Å². The lowest BCUT2D eigenvalue weighted by atomic mass is 10.1. The van der Waals surface area contributed by atoms with E-state index in [1.54, 1.807) is 18.2 Å². The number of nitrogens with two attached hydrogens (primary N) is 1. The predicted octanol–water partition coefficient (Wildman–Crippen LogP) is 3.39. The molecule has 0 unspecified atom stereocenters. The molecule has 0 aliphatic heterocycles. The topological polar surface area (TPSA) is 98.3 Å². The summed E-state index contributed by atoms with van der Waals surface area (Å²) in [4.78, 5) is 22.6. The fourth-order valence-electron chi connectivity index (χ4n) is 1.82. The van der Waals surface area contributed by atoms with Crippen molar-refractivity contribution < 1.29 is 9.72 Å². The number of hydrogen-bond acceptors (Lipinski definition) is 4. The number of rotatable bonds is 3. The Morgan fingerprint density at radius 2 is 2.00 bits per heavy atom. The Morgan fingerprint density at radius 1 is 1.29 bits per heavy atom. The third-order valence-electron chi connectivity index (χ3n) is 2.86. The second kappa shape index (κ2) is 5.80. The average molecular weight is 306 g/mol. The van der Waals surface area contributed by atoms with Crippen LogP contribution in [0.5, 0.6) is 0 Å². The highest BCUT2D eigenvalue weighted by Crippen LogP contribution is 2.28. The molecule has 0 bridgehead atoms. The molecule has 21 heavy (non-hydrogen) atoms. The van der Waals surface area contributed by atoms with Gasteiger partial charge in [-0.2, -0.15) is 0 Å². The molecule has 0 heterocycles. The molecule has 1 amide bonds. The van der Waals surface area contributed by atoms with Crippen molar-refractivity contribution in [2.24, 2.45) is 0 Å². The van der Waals surface area contributed by atoms with Gasteiger partial charge < -0.3 is 11.1 Å². The van der Waals surface area contributed by atoms with Crippen LogP contribution in [0.3, 0.4) is 0 Å². The van der Waals surface area contributed by atoms with Crippen LogP contribution in [0.2, 0.25) is 5.02 Å². The van der Waals surface area contributed by atoms with Crippen molar-refractivity contribution >= 4 is 34.6 Å². The maximum absolute atomic E-state index is 12.2. The van der Waals surface area contributed by atoms with Crippen molar-refractivity contribution in [3.8, 4) is 0 Å². The Morgan fingerprint density at radius 3 is 2.67 bits per heavy atom. The van der Waals surface area contributed by atoms with Crippen molar-refractivity contribution in [1.29, 1.82) is 0 Å². The molecule has 108 valence electrons. The van der Waals surface area contributed by atoms with Gasteiger partial charge in [0.25, 0.3) is 11.6 Å². The minimum Gasteiger partial charge on any atom is -0.398 e. The van der Waals surface area contributed by atoms with E-state index in [1.807, 2.05) is 6.92 Å². The first-order chi connectivity index (χ1) is 9.88. The van der Waals surface area contributed by atoms with Gasteiger partial charge in [-0.1, -0.05) is 23.2 Å². The predicted molar refractivity (Wildman–Crippen MR) is 81.7 cm³/mol. The zero-order chi connectivity index (χ0) is 15.6. The van der Waals surface area contributed by atoms with E-state index in [0.29, 0.717) is 5.69 Å².